The summed E-state index contributed by atoms with van der Waals surface area (Å²) in [5.74, 6) is 0.815. The van der Waals surface area contributed by atoms with Crippen LogP contribution in [0.1, 0.15) is 16.5 Å². The Hall–Kier alpha value is -0.530. The summed E-state index contributed by atoms with van der Waals surface area (Å²) in [6.07, 6.45) is 0.845. The Bertz CT molecular complexity index is 714. The van der Waals surface area contributed by atoms with Gasteiger partial charge in [0.2, 0.25) is 10.0 Å². The molecule has 3 nitrogen and oxygen atoms in total. The van der Waals surface area contributed by atoms with Crippen LogP contribution in [0.5, 0.6) is 0 Å². The fraction of sp³-hybridized carbons (Fsp3) is 0.333. The maximum Gasteiger partial charge on any atom is 0.243 e. The van der Waals surface area contributed by atoms with E-state index in [1.807, 2.05) is 17.8 Å². The average molecular weight is 374 g/mol. The van der Waals surface area contributed by atoms with Crippen LogP contribution in [0.15, 0.2) is 46.7 Å². The van der Waals surface area contributed by atoms with Crippen LogP contribution >= 0.6 is 34.7 Å². The second-order valence-electron chi connectivity index (χ2n) is 5.02. The number of thiophene rings is 1. The van der Waals surface area contributed by atoms with E-state index in [4.69, 9.17) is 11.6 Å². The number of benzene rings is 1. The first-order valence-corrected chi connectivity index (χ1v) is 10.7. The summed E-state index contributed by atoms with van der Waals surface area (Å²) < 4.78 is 27.0. The minimum Gasteiger partial charge on any atom is -0.207 e. The summed E-state index contributed by atoms with van der Waals surface area (Å²) in [6, 6.07) is 10.6. The third kappa shape index (κ3) is 3.51. The molecule has 1 unspecified atom stereocenters. The largest absolute Gasteiger partial charge is 0.243 e. The highest BCUT2D eigenvalue weighted by molar-refractivity contribution is 7.99. The molecule has 0 aliphatic carbocycles. The molecule has 2 aromatic rings. The molecule has 0 saturated carbocycles. The van der Waals surface area contributed by atoms with E-state index < -0.39 is 10.0 Å². The second kappa shape index (κ2) is 6.93. The highest BCUT2D eigenvalue weighted by atomic mass is 35.5. The molecule has 0 bridgehead atoms. The van der Waals surface area contributed by atoms with E-state index in [-0.39, 0.29) is 0 Å². The van der Waals surface area contributed by atoms with Gasteiger partial charge in [0.15, 0.2) is 0 Å². The van der Waals surface area contributed by atoms with E-state index in [0.29, 0.717) is 28.3 Å². The smallest absolute Gasteiger partial charge is 0.207 e. The van der Waals surface area contributed by atoms with Crippen molar-refractivity contribution >= 4 is 44.7 Å². The highest BCUT2D eigenvalue weighted by Gasteiger charge is 2.28. The van der Waals surface area contributed by atoms with Gasteiger partial charge in [0.05, 0.1) is 4.90 Å². The maximum atomic E-state index is 12.7. The molecule has 1 aromatic heterocycles. The average Bonchev–Trinajstić information content (AvgIpc) is 2.92. The van der Waals surface area contributed by atoms with Gasteiger partial charge in [-0.3, -0.25) is 0 Å². The molecule has 3 rings (SSSR count). The number of halogens is 1. The highest BCUT2D eigenvalue weighted by Crippen LogP contribution is 2.37. The van der Waals surface area contributed by atoms with Crippen LogP contribution in [0.2, 0.25) is 5.02 Å². The Morgan fingerprint density at radius 2 is 1.91 bits per heavy atom. The van der Waals surface area contributed by atoms with Crippen molar-refractivity contribution in [3.05, 3.63) is 51.7 Å². The molecule has 0 spiro atoms. The topological polar surface area (TPSA) is 37.4 Å². The monoisotopic (exact) mass is 373 g/mol. The molecule has 1 aromatic carbocycles. The minimum absolute atomic E-state index is 0.316. The quantitative estimate of drug-likeness (QED) is 0.806. The molecule has 1 aliphatic heterocycles. The molecule has 0 radical (unpaired) electrons. The van der Waals surface area contributed by atoms with Gasteiger partial charge in [-0.05, 0) is 42.1 Å². The molecular weight excluding hydrogens is 358 g/mol. The summed E-state index contributed by atoms with van der Waals surface area (Å²) in [5.41, 5.74) is 0. The fourth-order valence-electron chi connectivity index (χ4n) is 2.45. The molecule has 22 heavy (non-hydrogen) atoms. The predicted molar refractivity (Wildman–Crippen MR) is 94.3 cm³/mol. The molecule has 1 aliphatic rings. The van der Waals surface area contributed by atoms with Gasteiger partial charge in [0.25, 0.3) is 0 Å². The van der Waals surface area contributed by atoms with Crippen LogP contribution in [0.25, 0.3) is 0 Å². The number of rotatable bonds is 3. The summed E-state index contributed by atoms with van der Waals surface area (Å²) in [4.78, 5) is 1.65. The Labute approximate surface area is 144 Å². The molecule has 1 saturated heterocycles. The van der Waals surface area contributed by atoms with Crippen LogP contribution in [0.3, 0.4) is 0 Å². The maximum absolute atomic E-state index is 12.7. The van der Waals surface area contributed by atoms with Crippen LogP contribution in [0, 0.1) is 0 Å². The van der Waals surface area contributed by atoms with Crippen molar-refractivity contribution in [3.63, 3.8) is 0 Å². The third-order valence-corrected chi connectivity index (χ3v) is 8.22. The van der Waals surface area contributed by atoms with Crippen molar-refractivity contribution in [3.8, 4) is 0 Å². The minimum atomic E-state index is -3.43. The Balaban J connectivity index is 1.76. The first-order valence-electron chi connectivity index (χ1n) is 6.98. The first kappa shape index (κ1) is 16.3. The standard InChI is InChI=1S/C15H16ClNO2S3/c16-12-3-5-13(6-4-12)22(18,19)17-8-7-15(21-11-9-17)14-2-1-10-20-14/h1-6,10,15H,7-9,11H2. The normalized spacial score (nSPS) is 20.7. The van der Waals surface area contributed by atoms with Crippen molar-refractivity contribution in [1.29, 1.82) is 0 Å². The Morgan fingerprint density at radius 3 is 2.59 bits per heavy atom. The zero-order valence-corrected chi connectivity index (χ0v) is 15.0. The van der Waals surface area contributed by atoms with Gasteiger partial charge < -0.3 is 0 Å². The van der Waals surface area contributed by atoms with Crippen molar-refractivity contribution in [2.24, 2.45) is 0 Å². The van der Waals surface area contributed by atoms with Gasteiger partial charge in [-0.2, -0.15) is 16.1 Å². The van der Waals surface area contributed by atoms with E-state index in [9.17, 15) is 8.42 Å². The van der Waals surface area contributed by atoms with Crippen LogP contribution in [-0.4, -0.2) is 31.6 Å². The molecule has 0 N–H and O–H groups in total. The van der Waals surface area contributed by atoms with Crippen molar-refractivity contribution < 1.29 is 8.42 Å². The summed E-state index contributed by atoms with van der Waals surface area (Å²) >= 11 is 9.42. The van der Waals surface area contributed by atoms with Gasteiger partial charge in [0.1, 0.15) is 0 Å². The zero-order valence-electron chi connectivity index (χ0n) is 11.8. The number of hydrogen-bond acceptors (Lipinski definition) is 4. The van der Waals surface area contributed by atoms with Crippen LogP contribution < -0.4 is 0 Å². The fourth-order valence-corrected chi connectivity index (χ4v) is 6.38. The SMILES string of the molecule is O=S(=O)(c1ccc(Cl)cc1)N1CCSC(c2cccs2)CC1. The lowest BCUT2D eigenvalue weighted by Gasteiger charge is -2.19. The zero-order chi connectivity index (χ0) is 15.6. The lowest BCUT2D eigenvalue weighted by Crippen LogP contribution is -2.33. The molecule has 0 amide bonds. The van der Waals surface area contributed by atoms with Crippen molar-refractivity contribution in [1.82, 2.24) is 4.31 Å². The lowest BCUT2D eigenvalue weighted by atomic mass is 10.2. The molecule has 1 atom stereocenters. The van der Waals surface area contributed by atoms with Crippen LogP contribution in [-0.2, 0) is 10.0 Å². The van der Waals surface area contributed by atoms with Gasteiger partial charge in [0, 0.05) is 34.0 Å². The van der Waals surface area contributed by atoms with Gasteiger partial charge in [-0.25, -0.2) is 8.42 Å². The molecule has 7 heteroatoms. The molecule has 118 valence electrons. The van der Waals surface area contributed by atoms with Gasteiger partial charge in [-0.1, -0.05) is 17.7 Å². The Kier molecular flexibility index (Phi) is 5.14. The molecule has 2 heterocycles. The second-order valence-corrected chi connectivity index (χ2v) is 9.69. The Morgan fingerprint density at radius 1 is 1.14 bits per heavy atom. The third-order valence-electron chi connectivity index (χ3n) is 3.61. The molecule has 1 fully saturated rings. The van der Waals surface area contributed by atoms with E-state index in [1.54, 1.807) is 39.9 Å². The van der Waals surface area contributed by atoms with E-state index in [2.05, 4.69) is 11.4 Å². The summed E-state index contributed by atoms with van der Waals surface area (Å²) in [6.45, 7) is 1.11. The first-order chi connectivity index (χ1) is 10.6. The van der Waals surface area contributed by atoms with E-state index in [1.165, 1.54) is 4.88 Å². The predicted octanol–water partition coefficient (Wildman–Crippen LogP) is 4.27. The van der Waals surface area contributed by atoms with E-state index in [0.717, 1.165) is 12.2 Å². The number of sulfonamides is 1. The summed E-state index contributed by atoms with van der Waals surface area (Å²) in [7, 11) is -3.43. The number of nitrogens with zero attached hydrogens (tertiary/aromatic N) is 1. The van der Waals surface area contributed by atoms with Crippen LogP contribution in [0.4, 0.5) is 0 Å². The molecular formula is C15H16ClNO2S3. The summed E-state index contributed by atoms with van der Waals surface area (Å²) in [5, 5.41) is 3.01. The van der Waals surface area contributed by atoms with E-state index >= 15 is 0 Å². The van der Waals surface area contributed by atoms with Crippen molar-refractivity contribution in [2.75, 3.05) is 18.8 Å². The van der Waals surface area contributed by atoms with Gasteiger partial charge in [-0.15, -0.1) is 11.3 Å². The number of hydrogen-bond donors (Lipinski definition) is 0. The number of thioether (sulfide) groups is 1. The van der Waals surface area contributed by atoms with Crippen molar-refractivity contribution in [2.45, 2.75) is 16.6 Å². The lowest BCUT2D eigenvalue weighted by molar-refractivity contribution is 0.428. The van der Waals surface area contributed by atoms with Gasteiger partial charge >= 0.3 is 0 Å².